The number of halogens is 1. The number of methoxy groups -OCH3 is 1. The maximum Gasteiger partial charge on any atom is 0.155 e. The summed E-state index contributed by atoms with van der Waals surface area (Å²) < 4.78 is 7.36. The normalized spacial score (nSPS) is 11.1. The van der Waals surface area contributed by atoms with Crippen LogP contribution in [-0.2, 0) is 6.54 Å². The van der Waals surface area contributed by atoms with Crippen molar-refractivity contribution in [2.24, 2.45) is 0 Å². The van der Waals surface area contributed by atoms with Crippen LogP contribution in [0.2, 0.25) is 5.15 Å². The number of fused-ring (bicyclic) bond motifs is 1. The van der Waals surface area contributed by atoms with Gasteiger partial charge in [-0.1, -0.05) is 41.9 Å². The van der Waals surface area contributed by atoms with E-state index in [1.807, 2.05) is 36.5 Å². The first-order valence-electron chi connectivity index (χ1n) is 7.66. The highest BCUT2D eigenvalue weighted by Crippen LogP contribution is 2.33. The predicted octanol–water partition coefficient (Wildman–Crippen LogP) is 4.74. The molecule has 5 heteroatoms. The number of nitrogens with zero attached hydrogens (tertiary/aromatic N) is 2. The van der Waals surface area contributed by atoms with Gasteiger partial charge in [0.25, 0.3) is 0 Å². The van der Waals surface area contributed by atoms with Crippen LogP contribution in [0.1, 0.15) is 5.56 Å². The van der Waals surface area contributed by atoms with E-state index in [4.69, 9.17) is 16.3 Å². The third-order valence-corrected chi connectivity index (χ3v) is 4.40. The summed E-state index contributed by atoms with van der Waals surface area (Å²) in [6.07, 6.45) is 3.76. The number of aromatic amines is 1. The molecule has 4 aromatic rings. The van der Waals surface area contributed by atoms with Crippen molar-refractivity contribution in [1.82, 2.24) is 14.5 Å². The van der Waals surface area contributed by atoms with Crippen LogP contribution < -0.4 is 4.74 Å². The zero-order valence-corrected chi connectivity index (χ0v) is 13.9. The summed E-state index contributed by atoms with van der Waals surface area (Å²) in [4.78, 5) is 7.59. The zero-order chi connectivity index (χ0) is 16.5. The van der Waals surface area contributed by atoms with Gasteiger partial charge in [-0.15, -0.1) is 0 Å². The van der Waals surface area contributed by atoms with E-state index in [2.05, 4.69) is 32.7 Å². The molecule has 0 radical (unpaired) electrons. The van der Waals surface area contributed by atoms with Crippen LogP contribution in [0, 0.1) is 0 Å². The largest absolute Gasteiger partial charge is 0.497 e. The first kappa shape index (κ1) is 14.8. The van der Waals surface area contributed by atoms with E-state index in [0.717, 1.165) is 33.5 Å². The predicted molar refractivity (Wildman–Crippen MR) is 96.6 cm³/mol. The average molecular weight is 338 g/mol. The van der Waals surface area contributed by atoms with Gasteiger partial charge >= 0.3 is 0 Å². The van der Waals surface area contributed by atoms with Crippen LogP contribution in [0.3, 0.4) is 0 Å². The fourth-order valence-corrected chi connectivity index (χ4v) is 3.23. The third-order valence-electron chi connectivity index (χ3n) is 4.12. The van der Waals surface area contributed by atoms with E-state index in [-0.39, 0.29) is 0 Å². The van der Waals surface area contributed by atoms with E-state index < -0.39 is 0 Å². The standard InChI is InChI=1S/C19H16ClN3O/c1-24-14-6-4-5-13(9-14)11-23-12-22-19(20)18(23)16-10-21-17-8-3-2-7-15(16)17/h2-10,12,21H,11H2,1H3. The molecule has 0 bridgehead atoms. The molecule has 0 aliphatic carbocycles. The summed E-state index contributed by atoms with van der Waals surface area (Å²) >= 11 is 6.39. The zero-order valence-electron chi connectivity index (χ0n) is 13.2. The second-order valence-electron chi connectivity index (χ2n) is 5.61. The molecule has 0 amide bonds. The smallest absolute Gasteiger partial charge is 0.155 e. The molecule has 0 aliphatic heterocycles. The lowest BCUT2D eigenvalue weighted by Crippen LogP contribution is -2.00. The van der Waals surface area contributed by atoms with Crippen molar-refractivity contribution in [2.45, 2.75) is 6.54 Å². The van der Waals surface area contributed by atoms with Gasteiger partial charge in [-0.3, -0.25) is 0 Å². The van der Waals surface area contributed by atoms with Crippen LogP contribution in [0.5, 0.6) is 5.75 Å². The van der Waals surface area contributed by atoms with Gasteiger partial charge in [0.1, 0.15) is 5.75 Å². The molecule has 2 heterocycles. The minimum Gasteiger partial charge on any atom is -0.497 e. The lowest BCUT2D eigenvalue weighted by Gasteiger charge is -2.09. The van der Waals surface area contributed by atoms with Gasteiger partial charge in [0.15, 0.2) is 5.15 Å². The van der Waals surface area contributed by atoms with Crippen LogP contribution in [0.15, 0.2) is 61.1 Å². The fraction of sp³-hybridized carbons (Fsp3) is 0.105. The van der Waals surface area contributed by atoms with Gasteiger partial charge in [-0.05, 0) is 23.8 Å². The van der Waals surface area contributed by atoms with Crippen LogP contribution in [0.4, 0.5) is 0 Å². The Bertz CT molecular complexity index is 1000. The van der Waals surface area contributed by atoms with Crippen molar-refractivity contribution in [3.8, 4) is 17.0 Å². The molecule has 4 rings (SSSR count). The molecule has 0 fully saturated rings. The number of para-hydroxylation sites is 1. The van der Waals surface area contributed by atoms with E-state index in [9.17, 15) is 0 Å². The summed E-state index contributed by atoms with van der Waals surface area (Å²) in [5.41, 5.74) is 4.18. The molecule has 0 saturated carbocycles. The summed E-state index contributed by atoms with van der Waals surface area (Å²) in [6, 6.07) is 16.2. The summed E-state index contributed by atoms with van der Waals surface area (Å²) in [5.74, 6) is 0.840. The van der Waals surface area contributed by atoms with Gasteiger partial charge < -0.3 is 14.3 Å². The minimum absolute atomic E-state index is 0.502. The van der Waals surface area contributed by atoms with Crippen molar-refractivity contribution in [3.63, 3.8) is 0 Å². The van der Waals surface area contributed by atoms with Crippen molar-refractivity contribution < 1.29 is 4.74 Å². The number of hydrogen-bond donors (Lipinski definition) is 1. The average Bonchev–Trinajstić information content (AvgIpc) is 3.18. The Kier molecular flexibility index (Phi) is 3.75. The van der Waals surface area contributed by atoms with E-state index in [0.29, 0.717) is 11.7 Å². The lowest BCUT2D eigenvalue weighted by molar-refractivity contribution is 0.414. The minimum atomic E-state index is 0.502. The Morgan fingerprint density at radius 1 is 1.17 bits per heavy atom. The second-order valence-corrected chi connectivity index (χ2v) is 5.97. The molecular weight excluding hydrogens is 322 g/mol. The van der Waals surface area contributed by atoms with Crippen LogP contribution >= 0.6 is 11.6 Å². The van der Waals surface area contributed by atoms with Crippen molar-refractivity contribution in [3.05, 3.63) is 71.8 Å². The molecule has 0 atom stereocenters. The monoisotopic (exact) mass is 337 g/mol. The highest BCUT2D eigenvalue weighted by molar-refractivity contribution is 6.32. The molecule has 4 nitrogen and oxygen atoms in total. The molecular formula is C19H16ClN3O. The molecule has 0 unspecified atom stereocenters. The highest BCUT2D eigenvalue weighted by atomic mass is 35.5. The Labute approximate surface area is 144 Å². The highest BCUT2D eigenvalue weighted by Gasteiger charge is 2.15. The van der Waals surface area contributed by atoms with Crippen molar-refractivity contribution >= 4 is 22.5 Å². The molecule has 120 valence electrons. The van der Waals surface area contributed by atoms with Gasteiger partial charge in [-0.25, -0.2) is 4.98 Å². The number of hydrogen-bond acceptors (Lipinski definition) is 2. The number of H-pyrrole nitrogens is 1. The molecule has 2 aromatic carbocycles. The molecule has 1 N–H and O–H groups in total. The van der Waals surface area contributed by atoms with Gasteiger partial charge in [-0.2, -0.15) is 0 Å². The summed E-state index contributed by atoms with van der Waals surface area (Å²) in [7, 11) is 1.67. The summed E-state index contributed by atoms with van der Waals surface area (Å²) in [5, 5.41) is 1.63. The molecule has 24 heavy (non-hydrogen) atoms. The summed E-state index contributed by atoms with van der Waals surface area (Å²) in [6.45, 7) is 0.672. The van der Waals surface area contributed by atoms with Crippen molar-refractivity contribution in [1.29, 1.82) is 0 Å². The maximum atomic E-state index is 6.39. The van der Waals surface area contributed by atoms with Gasteiger partial charge in [0.2, 0.25) is 0 Å². The first-order valence-corrected chi connectivity index (χ1v) is 8.04. The SMILES string of the molecule is COc1cccc(Cn2cnc(Cl)c2-c2c[nH]c3ccccc23)c1. The first-order chi connectivity index (χ1) is 11.8. The molecule has 0 spiro atoms. The van der Waals surface area contributed by atoms with E-state index >= 15 is 0 Å². The number of benzene rings is 2. The number of imidazole rings is 1. The molecule has 0 saturated heterocycles. The number of nitrogens with one attached hydrogen (secondary N) is 1. The Morgan fingerprint density at radius 2 is 2.04 bits per heavy atom. The van der Waals surface area contributed by atoms with Crippen molar-refractivity contribution in [2.75, 3.05) is 7.11 Å². The number of aromatic nitrogens is 3. The maximum absolute atomic E-state index is 6.39. The van der Waals surface area contributed by atoms with E-state index in [1.165, 1.54) is 0 Å². The van der Waals surface area contributed by atoms with Crippen LogP contribution in [0.25, 0.3) is 22.2 Å². The quantitative estimate of drug-likeness (QED) is 0.584. The topological polar surface area (TPSA) is 42.8 Å². The van der Waals surface area contributed by atoms with E-state index in [1.54, 1.807) is 13.4 Å². The molecule has 2 aromatic heterocycles. The van der Waals surface area contributed by atoms with Crippen LogP contribution in [-0.4, -0.2) is 21.6 Å². The number of ether oxygens (including phenoxy) is 1. The Balaban J connectivity index is 1.79. The molecule has 0 aliphatic rings. The second kappa shape index (κ2) is 6.06. The van der Waals surface area contributed by atoms with Gasteiger partial charge in [0, 0.05) is 29.2 Å². The number of rotatable bonds is 4. The van der Waals surface area contributed by atoms with Gasteiger partial charge in [0.05, 0.1) is 19.1 Å². The lowest BCUT2D eigenvalue weighted by atomic mass is 10.1. The Morgan fingerprint density at radius 3 is 2.92 bits per heavy atom. The third kappa shape index (κ3) is 2.55. The Hall–Kier alpha value is -2.72. The fourth-order valence-electron chi connectivity index (χ4n) is 2.98.